The maximum atomic E-state index is 13.2. The molecular formula is C24H28F2O2. The molecule has 1 fully saturated rings. The van der Waals surface area contributed by atoms with Crippen LogP contribution >= 0.6 is 0 Å². The van der Waals surface area contributed by atoms with Gasteiger partial charge in [-0.1, -0.05) is 45.2 Å². The first-order valence-corrected chi connectivity index (χ1v) is 10.2. The van der Waals surface area contributed by atoms with E-state index in [2.05, 4.69) is 13.8 Å². The summed E-state index contributed by atoms with van der Waals surface area (Å²) in [4.78, 5) is 12.2. The van der Waals surface area contributed by atoms with Crippen LogP contribution in [0.2, 0.25) is 0 Å². The zero-order chi connectivity index (χ0) is 20.1. The Morgan fingerprint density at radius 3 is 2.32 bits per heavy atom. The van der Waals surface area contributed by atoms with Crippen molar-refractivity contribution in [2.75, 3.05) is 0 Å². The second-order valence-electron chi connectivity index (χ2n) is 8.03. The van der Waals surface area contributed by atoms with Crippen LogP contribution in [0.3, 0.4) is 0 Å². The van der Waals surface area contributed by atoms with Crippen molar-refractivity contribution in [3.05, 3.63) is 65.2 Å². The van der Waals surface area contributed by atoms with Crippen molar-refractivity contribution in [1.82, 2.24) is 0 Å². The highest BCUT2D eigenvalue weighted by Crippen LogP contribution is 2.36. The van der Waals surface area contributed by atoms with Gasteiger partial charge in [0.1, 0.15) is 5.75 Å². The molecule has 1 saturated carbocycles. The molecule has 1 aliphatic carbocycles. The zero-order valence-corrected chi connectivity index (χ0v) is 16.6. The highest BCUT2D eigenvalue weighted by molar-refractivity contribution is 5.91. The lowest BCUT2D eigenvalue weighted by molar-refractivity contribution is 0.0734. The average Bonchev–Trinajstić information content (AvgIpc) is 2.71. The van der Waals surface area contributed by atoms with E-state index in [1.807, 2.05) is 12.1 Å². The molecule has 0 radical (unpaired) electrons. The molecule has 150 valence electrons. The van der Waals surface area contributed by atoms with Crippen LogP contribution in [0.5, 0.6) is 5.75 Å². The number of benzene rings is 2. The van der Waals surface area contributed by atoms with Crippen molar-refractivity contribution in [2.24, 2.45) is 17.8 Å². The molecule has 0 bridgehead atoms. The first kappa shape index (κ1) is 20.5. The number of carbonyl (C=O) groups is 1. The maximum absolute atomic E-state index is 13.2. The van der Waals surface area contributed by atoms with E-state index in [0.29, 0.717) is 11.5 Å². The number of ether oxygens (including phenoxy) is 1. The molecule has 0 amide bonds. The van der Waals surface area contributed by atoms with E-state index in [9.17, 15) is 13.6 Å². The molecule has 1 atom stereocenters. The highest BCUT2D eigenvalue weighted by Gasteiger charge is 2.24. The lowest BCUT2D eigenvalue weighted by Crippen LogP contribution is -2.21. The molecule has 2 aromatic rings. The number of hydrogen-bond acceptors (Lipinski definition) is 2. The van der Waals surface area contributed by atoms with E-state index in [4.69, 9.17) is 4.74 Å². The van der Waals surface area contributed by atoms with Gasteiger partial charge in [-0.2, -0.15) is 0 Å². The molecular weight excluding hydrogens is 358 g/mol. The lowest BCUT2D eigenvalue weighted by Gasteiger charge is -2.32. The van der Waals surface area contributed by atoms with E-state index >= 15 is 0 Å². The minimum Gasteiger partial charge on any atom is -0.423 e. The van der Waals surface area contributed by atoms with Crippen LogP contribution < -0.4 is 4.74 Å². The van der Waals surface area contributed by atoms with Gasteiger partial charge in [0.05, 0.1) is 5.56 Å². The van der Waals surface area contributed by atoms with Crippen LogP contribution in [0.15, 0.2) is 42.5 Å². The van der Waals surface area contributed by atoms with Crippen molar-refractivity contribution in [3.63, 3.8) is 0 Å². The van der Waals surface area contributed by atoms with Gasteiger partial charge in [0.15, 0.2) is 11.6 Å². The number of halogens is 2. The second kappa shape index (κ2) is 9.31. The van der Waals surface area contributed by atoms with Crippen molar-refractivity contribution in [2.45, 2.75) is 52.4 Å². The first-order chi connectivity index (χ1) is 13.5. The van der Waals surface area contributed by atoms with Crippen molar-refractivity contribution < 1.29 is 18.3 Å². The highest BCUT2D eigenvalue weighted by atomic mass is 19.2. The molecule has 1 aliphatic rings. The van der Waals surface area contributed by atoms with Crippen LogP contribution in [0.4, 0.5) is 8.78 Å². The van der Waals surface area contributed by atoms with Crippen molar-refractivity contribution >= 4 is 5.97 Å². The van der Waals surface area contributed by atoms with E-state index < -0.39 is 17.6 Å². The van der Waals surface area contributed by atoms with Crippen LogP contribution in [0, 0.1) is 29.4 Å². The Morgan fingerprint density at radius 1 is 1.04 bits per heavy atom. The summed E-state index contributed by atoms with van der Waals surface area (Å²) in [6.07, 6.45) is 7.63. The second-order valence-corrected chi connectivity index (χ2v) is 8.03. The molecule has 0 heterocycles. The summed E-state index contributed by atoms with van der Waals surface area (Å²) < 4.78 is 31.3. The van der Waals surface area contributed by atoms with E-state index in [1.165, 1.54) is 43.7 Å². The average molecular weight is 386 g/mol. The monoisotopic (exact) mass is 386 g/mol. The van der Waals surface area contributed by atoms with Crippen LogP contribution in [-0.4, -0.2) is 5.97 Å². The van der Waals surface area contributed by atoms with Gasteiger partial charge in [-0.15, -0.1) is 0 Å². The Kier molecular flexibility index (Phi) is 6.82. The predicted octanol–water partition coefficient (Wildman–Crippen LogP) is 6.58. The number of rotatable bonds is 6. The van der Waals surface area contributed by atoms with Crippen molar-refractivity contribution in [1.29, 1.82) is 0 Å². The summed E-state index contributed by atoms with van der Waals surface area (Å²) >= 11 is 0. The van der Waals surface area contributed by atoms with Gasteiger partial charge in [-0.25, -0.2) is 13.6 Å². The lowest BCUT2D eigenvalue weighted by atomic mass is 9.74. The van der Waals surface area contributed by atoms with Gasteiger partial charge < -0.3 is 4.74 Å². The molecule has 3 rings (SSSR count). The molecule has 28 heavy (non-hydrogen) atoms. The Balaban J connectivity index is 1.55. The topological polar surface area (TPSA) is 26.3 Å². The molecule has 2 nitrogen and oxygen atoms in total. The Bertz CT molecular complexity index is 793. The number of esters is 1. The van der Waals surface area contributed by atoms with Gasteiger partial charge in [0.2, 0.25) is 0 Å². The molecule has 0 N–H and O–H groups in total. The van der Waals surface area contributed by atoms with Crippen LogP contribution in [-0.2, 0) is 6.42 Å². The molecule has 0 saturated heterocycles. The zero-order valence-electron chi connectivity index (χ0n) is 16.6. The van der Waals surface area contributed by atoms with E-state index in [-0.39, 0.29) is 5.75 Å². The molecule has 0 aromatic heterocycles. The van der Waals surface area contributed by atoms with Gasteiger partial charge >= 0.3 is 5.97 Å². The molecule has 0 spiro atoms. The maximum Gasteiger partial charge on any atom is 0.343 e. The fourth-order valence-corrected chi connectivity index (χ4v) is 4.19. The van der Waals surface area contributed by atoms with Crippen LogP contribution in [0.1, 0.15) is 61.9 Å². The minimum atomic E-state index is -1.04. The third-order valence-electron chi connectivity index (χ3n) is 6.12. The van der Waals surface area contributed by atoms with E-state index in [1.54, 1.807) is 12.1 Å². The quantitative estimate of drug-likeness (QED) is 0.414. The summed E-state index contributed by atoms with van der Waals surface area (Å²) in [5.74, 6) is -0.293. The summed E-state index contributed by atoms with van der Waals surface area (Å²) in [6.45, 7) is 4.61. The largest absolute Gasteiger partial charge is 0.423 e. The SMILES string of the molecule is CCC1CCC(C(C)Cc2ccc(C(=O)Oc3ccc(F)c(F)c3)cc2)CC1. The van der Waals surface area contributed by atoms with Gasteiger partial charge in [-0.05, 0) is 66.8 Å². The minimum absolute atomic E-state index is 0.00993. The van der Waals surface area contributed by atoms with Gasteiger partial charge in [0, 0.05) is 6.07 Å². The number of carbonyl (C=O) groups excluding carboxylic acids is 1. The summed E-state index contributed by atoms with van der Waals surface area (Å²) in [6, 6.07) is 10.4. The Hall–Kier alpha value is -2.23. The van der Waals surface area contributed by atoms with Gasteiger partial charge in [0.25, 0.3) is 0 Å². The first-order valence-electron chi connectivity index (χ1n) is 10.2. The molecule has 0 aliphatic heterocycles. The van der Waals surface area contributed by atoms with Gasteiger partial charge in [-0.3, -0.25) is 0 Å². The summed E-state index contributed by atoms with van der Waals surface area (Å²) in [5, 5.41) is 0. The molecule has 4 heteroatoms. The Labute approximate surface area is 165 Å². The fourth-order valence-electron chi connectivity index (χ4n) is 4.19. The summed E-state index contributed by atoms with van der Waals surface area (Å²) in [5.41, 5.74) is 1.60. The normalized spacial score (nSPS) is 20.6. The molecule has 2 aromatic carbocycles. The summed E-state index contributed by atoms with van der Waals surface area (Å²) in [7, 11) is 0. The fraction of sp³-hybridized carbons (Fsp3) is 0.458. The Morgan fingerprint density at radius 2 is 1.71 bits per heavy atom. The standard InChI is InChI=1S/C24H28F2O2/c1-3-17-4-8-19(9-5-17)16(2)14-18-6-10-20(11-7-18)24(27)28-21-12-13-22(25)23(26)15-21/h6-7,10-13,15-17,19H,3-5,8-9,14H2,1-2H3. The molecule has 1 unspecified atom stereocenters. The number of hydrogen-bond donors (Lipinski definition) is 0. The third kappa shape index (κ3) is 5.18. The van der Waals surface area contributed by atoms with E-state index in [0.717, 1.165) is 30.4 Å². The van der Waals surface area contributed by atoms with Crippen molar-refractivity contribution in [3.8, 4) is 5.75 Å². The predicted molar refractivity (Wildman–Crippen MR) is 106 cm³/mol. The third-order valence-corrected chi connectivity index (χ3v) is 6.12. The smallest absolute Gasteiger partial charge is 0.343 e. The van der Waals surface area contributed by atoms with Crippen LogP contribution in [0.25, 0.3) is 0 Å².